The minimum atomic E-state index is -0.444. The number of carbonyl (C=O) groups is 1. The molecular weight excluding hydrogens is 304 g/mol. The number of nitrogens with zero attached hydrogens (tertiary/aromatic N) is 2. The molecule has 2 aromatic carbocycles. The summed E-state index contributed by atoms with van der Waals surface area (Å²) in [6, 6.07) is 13.0. The summed E-state index contributed by atoms with van der Waals surface area (Å²) in [5.41, 5.74) is 3.76. The van der Waals surface area contributed by atoms with E-state index in [4.69, 9.17) is 4.42 Å². The molecule has 120 valence electrons. The van der Waals surface area contributed by atoms with Crippen molar-refractivity contribution in [3.63, 3.8) is 0 Å². The molecule has 3 aromatic rings. The van der Waals surface area contributed by atoms with Crippen LogP contribution in [0.2, 0.25) is 0 Å². The number of benzene rings is 2. The summed E-state index contributed by atoms with van der Waals surface area (Å²) in [5, 5.41) is 0. The number of anilines is 1. The molecule has 1 aliphatic rings. The lowest BCUT2D eigenvalue weighted by atomic mass is 10.1. The Kier molecular flexibility index (Phi) is 3.34. The second-order valence-electron chi connectivity index (χ2n) is 5.79. The predicted octanol–water partition coefficient (Wildman–Crippen LogP) is 2.98. The van der Waals surface area contributed by atoms with Gasteiger partial charge in [0.15, 0.2) is 5.58 Å². The van der Waals surface area contributed by atoms with Crippen molar-refractivity contribution in [3.8, 4) is 0 Å². The molecule has 0 unspecified atom stereocenters. The Morgan fingerprint density at radius 2 is 2.08 bits per heavy atom. The Balaban J connectivity index is 1.77. The van der Waals surface area contributed by atoms with E-state index in [2.05, 4.69) is 6.58 Å². The van der Waals surface area contributed by atoms with Crippen LogP contribution in [-0.4, -0.2) is 17.0 Å². The van der Waals surface area contributed by atoms with Gasteiger partial charge in [-0.15, -0.1) is 6.58 Å². The highest BCUT2D eigenvalue weighted by atomic mass is 16.4. The van der Waals surface area contributed by atoms with Crippen molar-refractivity contribution in [1.29, 1.82) is 0 Å². The van der Waals surface area contributed by atoms with Crippen LogP contribution in [0, 0.1) is 0 Å². The van der Waals surface area contributed by atoms with Gasteiger partial charge in [0, 0.05) is 24.3 Å². The molecule has 1 aliphatic heterocycles. The standard InChI is InChI=1S/C19H16N2O3/c1-2-10-21-16-12-14(7-8-17(16)24-19(21)23)18(22)20-11-9-13-5-3-4-6-15(13)20/h2-8,12H,1,9-11H2. The van der Waals surface area contributed by atoms with E-state index < -0.39 is 5.76 Å². The van der Waals surface area contributed by atoms with Crippen LogP contribution < -0.4 is 10.7 Å². The number of hydrogen-bond acceptors (Lipinski definition) is 3. The van der Waals surface area contributed by atoms with E-state index in [1.165, 1.54) is 10.1 Å². The number of fused-ring (bicyclic) bond motifs is 2. The number of aromatic nitrogens is 1. The summed E-state index contributed by atoms with van der Waals surface area (Å²) in [4.78, 5) is 26.6. The number of oxazole rings is 1. The second-order valence-corrected chi connectivity index (χ2v) is 5.79. The fraction of sp³-hybridized carbons (Fsp3) is 0.158. The molecule has 0 bridgehead atoms. The quantitative estimate of drug-likeness (QED) is 0.697. The van der Waals surface area contributed by atoms with Gasteiger partial charge in [-0.3, -0.25) is 9.36 Å². The number of para-hydroxylation sites is 1. The number of hydrogen-bond donors (Lipinski definition) is 0. The zero-order valence-electron chi connectivity index (χ0n) is 13.1. The molecule has 5 heteroatoms. The molecule has 0 saturated heterocycles. The van der Waals surface area contributed by atoms with Gasteiger partial charge in [0.05, 0.1) is 5.52 Å². The average molecular weight is 320 g/mol. The number of rotatable bonds is 3. The fourth-order valence-corrected chi connectivity index (χ4v) is 3.20. The van der Waals surface area contributed by atoms with Crippen LogP contribution in [0.1, 0.15) is 15.9 Å². The molecule has 1 aromatic heterocycles. The molecule has 2 heterocycles. The molecule has 0 atom stereocenters. The van der Waals surface area contributed by atoms with Crippen molar-refractivity contribution in [3.05, 3.63) is 76.8 Å². The topological polar surface area (TPSA) is 55.5 Å². The molecular formula is C19H16N2O3. The van der Waals surface area contributed by atoms with Gasteiger partial charge in [0.1, 0.15) is 0 Å². The molecule has 0 saturated carbocycles. The van der Waals surface area contributed by atoms with E-state index in [0.29, 0.717) is 29.8 Å². The normalized spacial score (nSPS) is 13.2. The van der Waals surface area contributed by atoms with Crippen LogP contribution in [0.5, 0.6) is 0 Å². The molecule has 24 heavy (non-hydrogen) atoms. The van der Waals surface area contributed by atoms with Crippen molar-refractivity contribution >= 4 is 22.7 Å². The minimum Gasteiger partial charge on any atom is -0.408 e. The van der Waals surface area contributed by atoms with Crippen LogP contribution >= 0.6 is 0 Å². The monoisotopic (exact) mass is 320 g/mol. The van der Waals surface area contributed by atoms with Crippen molar-refractivity contribution in [2.24, 2.45) is 0 Å². The molecule has 4 rings (SSSR count). The summed E-state index contributed by atoms with van der Waals surface area (Å²) >= 11 is 0. The Bertz CT molecular complexity index is 1010. The Morgan fingerprint density at radius 3 is 2.92 bits per heavy atom. The van der Waals surface area contributed by atoms with Crippen LogP contribution in [0.15, 0.2) is 64.3 Å². The predicted molar refractivity (Wildman–Crippen MR) is 92.5 cm³/mol. The van der Waals surface area contributed by atoms with Crippen molar-refractivity contribution in [2.45, 2.75) is 13.0 Å². The van der Waals surface area contributed by atoms with Crippen molar-refractivity contribution < 1.29 is 9.21 Å². The van der Waals surface area contributed by atoms with Gasteiger partial charge in [-0.2, -0.15) is 0 Å². The number of carbonyl (C=O) groups excluding carboxylic acids is 1. The van der Waals surface area contributed by atoms with Crippen LogP contribution in [0.3, 0.4) is 0 Å². The smallest absolute Gasteiger partial charge is 0.408 e. The van der Waals surface area contributed by atoms with Crippen molar-refractivity contribution in [1.82, 2.24) is 4.57 Å². The van der Waals surface area contributed by atoms with Crippen molar-refractivity contribution in [2.75, 3.05) is 11.4 Å². The third kappa shape index (κ3) is 2.17. The summed E-state index contributed by atoms with van der Waals surface area (Å²) in [5.74, 6) is -0.512. The SMILES string of the molecule is C=CCn1c(=O)oc2ccc(C(=O)N3CCc4ccccc43)cc21. The molecule has 1 amide bonds. The lowest BCUT2D eigenvalue weighted by Gasteiger charge is -2.17. The number of amides is 1. The van der Waals surface area contributed by atoms with Gasteiger partial charge in [0.25, 0.3) is 5.91 Å². The highest BCUT2D eigenvalue weighted by molar-refractivity contribution is 6.08. The van der Waals surface area contributed by atoms with E-state index in [1.807, 2.05) is 24.3 Å². The number of allylic oxidation sites excluding steroid dienone is 1. The van der Waals surface area contributed by atoms with E-state index in [9.17, 15) is 9.59 Å². The Morgan fingerprint density at radius 1 is 1.25 bits per heavy atom. The van der Waals surface area contributed by atoms with E-state index in [-0.39, 0.29) is 5.91 Å². The summed E-state index contributed by atoms with van der Waals surface area (Å²) in [6.45, 7) is 4.66. The van der Waals surface area contributed by atoms with E-state index in [1.54, 1.807) is 29.2 Å². The third-order valence-corrected chi connectivity index (χ3v) is 4.36. The first-order chi connectivity index (χ1) is 11.7. The molecule has 5 nitrogen and oxygen atoms in total. The van der Waals surface area contributed by atoms with Crippen LogP contribution in [0.4, 0.5) is 5.69 Å². The maximum absolute atomic E-state index is 12.9. The molecule has 0 aliphatic carbocycles. The van der Waals surface area contributed by atoms with E-state index in [0.717, 1.165) is 12.1 Å². The van der Waals surface area contributed by atoms with Gasteiger partial charge in [-0.1, -0.05) is 24.3 Å². The third-order valence-electron chi connectivity index (χ3n) is 4.36. The Labute approximate surface area is 138 Å². The van der Waals surface area contributed by atoms with Crippen LogP contribution in [0.25, 0.3) is 11.1 Å². The largest absolute Gasteiger partial charge is 0.420 e. The van der Waals surface area contributed by atoms with Gasteiger partial charge >= 0.3 is 5.76 Å². The highest BCUT2D eigenvalue weighted by Gasteiger charge is 2.25. The lowest BCUT2D eigenvalue weighted by molar-refractivity contribution is 0.0989. The Hall–Kier alpha value is -3.08. The fourth-order valence-electron chi connectivity index (χ4n) is 3.20. The summed E-state index contributed by atoms with van der Waals surface area (Å²) in [7, 11) is 0. The zero-order chi connectivity index (χ0) is 16.7. The summed E-state index contributed by atoms with van der Waals surface area (Å²) < 4.78 is 6.67. The molecule has 0 radical (unpaired) electrons. The molecule has 0 fully saturated rings. The lowest BCUT2D eigenvalue weighted by Crippen LogP contribution is -2.28. The maximum atomic E-state index is 12.9. The van der Waals surface area contributed by atoms with Gasteiger partial charge in [-0.25, -0.2) is 4.79 Å². The van der Waals surface area contributed by atoms with Gasteiger partial charge in [-0.05, 0) is 36.2 Å². The maximum Gasteiger partial charge on any atom is 0.420 e. The van der Waals surface area contributed by atoms with Crippen LogP contribution in [-0.2, 0) is 13.0 Å². The summed E-state index contributed by atoms with van der Waals surface area (Å²) in [6.07, 6.45) is 2.48. The first kappa shape index (κ1) is 14.5. The highest BCUT2D eigenvalue weighted by Crippen LogP contribution is 2.29. The first-order valence-corrected chi connectivity index (χ1v) is 7.83. The minimum absolute atomic E-state index is 0.0688. The van der Waals surface area contributed by atoms with Gasteiger partial charge in [0.2, 0.25) is 0 Å². The van der Waals surface area contributed by atoms with Gasteiger partial charge < -0.3 is 9.32 Å². The second kappa shape index (κ2) is 5.53. The zero-order valence-corrected chi connectivity index (χ0v) is 13.1. The molecule has 0 N–H and O–H groups in total. The molecule has 0 spiro atoms. The van der Waals surface area contributed by atoms with E-state index >= 15 is 0 Å². The first-order valence-electron chi connectivity index (χ1n) is 7.83. The average Bonchev–Trinajstić information content (AvgIpc) is 3.16.